The minimum atomic E-state index is -0.543. The molecule has 2 rings (SSSR count). The highest BCUT2D eigenvalue weighted by Gasteiger charge is 2.20. The standard InChI is InChI=1S/C15H16ClFN2O2/c1-15(2,3)12-8-13(19-21-12)18-14(20)7-9-4-5-10(16)11(17)6-9/h4-6,8H,7H2,1-3H3,(H,18,19,20). The maximum atomic E-state index is 13.3. The Balaban J connectivity index is 2.01. The predicted octanol–water partition coefficient (Wildman–Crippen LogP) is 3.95. The Labute approximate surface area is 127 Å². The number of hydrogen-bond donors (Lipinski definition) is 1. The van der Waals surface area contributed by atoms with E-state index in [0.717, 1.165) is 0 Å². The third-order valence-corrected chi connectivity index (χ3v) is 3.17. The summed E-state index contributed by atoms with van der Waals surface area (Å²) in [4.78, 5) is 11.9. The Kier molecular flexibility index (Phi) is 4.32. The van der Waals surface area contributed by atoms with Crippen molar-refractivity contribution in [2.24, 2.45) is 0 Å². The van der Waals surface area contributed by atoms with Crippen LogP contribution in [-0.4, -0.2) is 11.1 Å². The van der Waals surface area contributed by atoms with Crippen LogP contribution in [-0.2, 0) is 16.6 Å². The van der Waals surface area contributed by atoms with Gasteiger partial charge in [-0.05, 0) is 17.7 Å². The van der Waals surface area contributed by atoms with Crippen molar-refractivity contribution in [2.45, 2.75) is 32.6 Å². The number of amides is 1. The monoisotopic (exact) mass is 310 g/mol. The van der Waals surface area contributed by atoms with Crippen molar-refractivity contribution < 1.29 is 13.7 Å². The molecule has 1 aromatic heterocycles. The highest BCUT2D eigenvalue weighted by Crippen LogP contribution is 2.24. The lowest BCUT2D eigenvalue weighted by Gasteiger charge is -2.12. The van der Waals surface area contributed by atoms with Gasteiger partial charge >= 0.3 is 0 Å². The van der Waals surface area contributed by atoms with Gasteiger partial charge in [0.05, 0.1) is 11.4 Å². The normalized spacial score (nSPS) is 11.5. The largest absolute Gasteiger partial charge is 0.359 e. The summed E-state index contributed by atoms with van der Waals surface area (Å²) in [6.45, 7) is 5.95. The zero-order valence-electron chi connectivity index (χ0n) is 12.0. The number of anilines is 1. The van der Waals surface area contributed by atoms with Gasteiger partial charge in [0, 0.05) is 11.5 Å². The van der Waals surface area contributed by atoms with E-state index in [1.54, 1.807) is 12.1 Å². The lowest BCUT2D eigenvalue weighted by Crippen LogP contribution is -2.15. The topological polar surface area (TPSA) is 55.1 Å². The van der Waals surface area contributed by atoms with Gasteiger partial charge in [0.25, 0.3) is 0 Å². The van der Waals surface area contributed by atoms with Crippen LogP contribution < -0.4 is 5.32 Å². The average Bonchev–Trinajstić information content (AvgIpc) is 2.82. The Morgan fingerprint density at radius 1 is 1.38 bits per heavy atom. The Bertz CT molecular complexity index is 662. The van der Waals surface area contributed by atoms with Gasteiger partial charge in [-0.1, -0.05) is 43.6 Å². The van der Waals surface area contributed by atoms with E-state index in [4.69, 9.17) is 16.1 Å². The molecule has 0 aliphatic carbocycles. The summed E-state index contributed by atoms with van der Waals surface area (Å²) in [5.41, 5.74) is 0.351. The first-order valence-electron chi connectivity index (χ1n) is 6.46. The van der Waals surface area contributed by atoms with Crippen LogP contribution in [0.4, 0.5) is 10.2 Å². The summed E-state index contributed by atoms with van der Waals surface area (Å²) in [7, 11) is 0. The molecule has 112 valence electrons. The van der Waals surface area contributed by atoms with Crippen LogP contribution >= 0.6 is 11.6 Å². The average molecular weight is 311 g/mol. The molecule has 0 spiro atoms. The van der Waals surface area contributed by atoms with Gasteiger partial charge in [-0.25, -0.2) is 4.39 Å². The van der Waals surface area contributed by atoms with Crippen molar-refractivity contribution in [1.82, 2.24) is 5.16 Å². The number of aromatic nitrogens is 1. The lowest BCUT2D eigenvalue weighted by molar-refractivity contribution is -0.115. The fourth-order valence-corrected chi connectivity index (χ4v) is 1.83. The van der Waals surface area contributed by atoms with Crippen LogP contribution in [0.2, 0.25) is 5.02 Å². The molecular formula is C15H16ClFN2O2. The van der Waals surface area contributed by atoms with Gasteiger partial charge in [-0.3, -0.25) is 4.79 Å². The van der Waals surface area contributed by atoms with Gasteiger partial charge in [0.15, 0.2) is 5.82 Å². The first-order valence-corrected chi connectivity index (χ1v) is 6.84. The zero-order chi connectivity index (χ0) is 15.6. The number of hydrogen-bond acceptors (Lipinski definition) is 3. The van der Waals surface area contributed by atoms with Crippen molar-refractivity contribution in [2.75, 3.05) is 5.32 Å². The molecule has 1 N–H and O–H groups in total. The number of benzene rings is 1. The molecule has 0 unspecified atom stereocenters. The van der Waals surface area contributed by atoms with Gasteiger partial charge in [0.2, 0.25) is 5.91 Å². The molecule has 0 fully saturated rings. The molecule has 6 heteroatoms. The fraction of sp³-hybridized carbons (Fsp3) is 0.333. The summed E-state index contributed by atoms with van der Waals surface area (Å²) >= 11 is 5.59. The third-order valence-electron chi connectivity index (χ3n) is 2.87. The lowest BCUT2D eigenvalue weighted by atomic mass is 9.93. The minimum absolute atomic E-state index is 0.0329. The number of nitrogens with zero attached hydrogens (tertiary/aromatic N) is 1. The van der Waals surface area contributed by atoms with E-state index in [1.165, 1.54) is 12.1 Å². The van der Waals surface area contributed by atoms with E-state index < -0.39 is 5.82 Å². The van der Waals surface area contributed by atoms with Gasteiger partial charge in [-0.2, -0.15) is 0 Å². The highest BCUT2D eigenvalue weighted by molar-refractivity contribution is 6.30. The molecule has 4 nitrogen and oxygen atoms in total. The first kappa shape index (κ1) is 15.5. The second-order valence-corrected chi connectivity index (χ2v) is 6.21. The molecule has 1 amide bonds. The highest BCUT2D eigenvalue weighted by atomic mass is 35.5. The number of carbonyl (C=O) groups is 1. The molecule has 0 aliphatic heterocycles. The first-order chi connectivity index (χ1) is 9.75. The summed E-state index contributed by atoms with van der Waals surface area (Å²) in [5, 5.41) is 6.44. The molecule has 21 heavy (non-hydrogen) atoms. The van der Waals surface area contributed by atoms with E-state index in [1.807, 2.05) is 20.8 Å². The van der Waals surface area contributed by atoms with E-state index in [2.05, 4.69) is 10.5 Å². The number of nitrogens with one attached hydrogen (secondary N) is 1. The molecule has 0 saturated heterocycles. The van der Waals surface area contributed by atoms with Crippen LogP contribution in [0.15, 0.2) is 28.8 Å². The van der Waals surface area contributed by atoms with Crippen molar-refractivity contribution in [3.05, 3.63) is 46.4 Å². The zero-order valence-corrected chi connectivity index (χ0v) is 12.8. The summed E-state index contributed by atoms with van der Waals surface area (Å²) < 4.78 is 18.5. The van der Waals surface area contributed by atoms with E-state index in [9.17, 15) is 9.18 Å². The SMILES string of the molecule is CC(C)(C)c1cc(NC(=O)Cc2ccc(Cl)c(F)c2)no1. The van der Waals surface area contributed by atoms with Crippen LogP contribution in [0, 0.1) is 5.82 Å². The maximum absolute atomic E-state index is 13.3. The van der Waals surface area contributed by atoms with Crippen molar-refractivity contribution >= 4 is 23.3 Å². The fourth-order valence-electron chi connectivity index (χ4n) is 1.71. The van der Waals surface area contributed by atoms with E-state index in [-0.39, 0.29) is 22.8 Å². The van der Waals surface area contributed by atoms with Crippen LogP contribution in [0.3, 0.4) is 0 Å². The van der Waals surface area contributed by atoms with Crippen molar-refractivity contribution in [3.8, 4) is 0 Å². The van der Waals surface area contributed by atoms with Gasteiger partial charge in [-0.15, -0.1) is 0 Å². The quantitative estimate of drug-likeness (QED) is 0.934. The third kappa shape index (κ3) is 4.04. The number of carbonyl (C=O) groups excluding carboxylic acids is 1. The second kappa shape index (κ2) is 5.85. The summed E-state index contributed by atoms with van der Waals surface area (Å²) in [6.07, 6.45) is 0.0335. The Morgan fingerprint density at radius 3 is 2.67 bits per heavy atom. The molecule has 2 aromatic rings. The Morgan fingerprint density at radius 2 is 2.10 bits per heavy atom. The molecule has 0 aliphatic rings. The minimum Gasteiger partial charge on any atom is -0.359 e. The van der Waals surface area contributed by atoms with E-state index >= 15 is 0 Å². The van der Waals surface area contributed by atoms with Gasteiger partial charge < -0.3 is 9.84 Å². The molecule has 0 radical (unpaired) electrons. The van der Waals surface area contributed by atoms with Crippen molar-refractivity contribution in [1.29, 1.82) is 0 Å². The van der Waals surface area contributed by atoms with Gasteiger partial charge in [0.1, 0.15) is 11.6 Å². The predicted molar refractivity (Wildman–Crippen MR) is 78.9 cm³/mol. The second-order valence-electron chi connectivity index (χ2n) is 5.80. The molecular weight excluding hydrogens is 295 g/mol. The van der Waals surface area contributed by atoms with Crippen molar-refractivity contribution in [3.63, 3.8) is 0 Å². The molecule has 0 saturated carbocycles. The van der Waals surface area contributed by atoms with Crippen LogP contribution in [0.5, 0.6) is 0 Å². The van der Waals surface area contributed by atoms with Crippen LogP contribution in [0.1, 0.15) is 32.1 Å². The van der Waals surface area contributed by atoms with Crippen LogP contribution in [0.25, 0.3) is 0 Å². The molecule has 0 atom stereocenters. The summed E-state index contributed by atoms with van der Waals surface area (Å²) in [5.74, 6) is 0.179. The molecule has 1 aromatic carbocycles. The molecule has 1 heterocycles. The number of halogens is 2. The summed E-state index contributed by atoms with van der Waals surface area (Å²) in [6, 6.07) is 5.95. The maximum Gasteiger partial charge on any atom is 0.230 e. The molecule has 0 bridgehead atoms. The Hall–Kier alpha value is -1.88. The van der Waals surface area contributed by atoms with E-state index in [0.29, 0.717) is 17.1 Å². The smallest absolute Gasteiger partial charge is 0.230 e. The number of rotatable bonds is 3.